The summed E-state index contributed by atoms with van der Waals surface area (Å²) >= 11 is 0. The highest BCUT2D eigenvalue weighted by Crippen LogP contribution is 2.25. The summed E-state index contributed by atoms with van der Waals surface area (Å²) in [5, 5.41) is 2.66. The summed E-state index contributed by atoms with van der Waals surface area (Å²) in [6, 6.07) is 13.1. The van der Waals surface area contributed by atoms with Gasteiger partial charge in [-0.15, -0.1) is 12.4 Å². The molecule has 0 aliphatic heterocycles. The molecule has 0 aliphatic rings. The molecule has 0 aromatic heterocycles. The molecule has 154 valence electrons. The van der Waals surface area contributed by atoms with Gasteiger partial charge in [0, 0.05) is 18.8 Å². The summed E-state index contributed by atoms with van der Waals surface area (Å²) in [5.41, 5.74) is 5.69. The second-order valence-corrected chi connectivity index (χ2v) is 7.28. The fourth-order valence-electron chi connectivity index (χ4n) is 2.23. The van der Waals surface area contributed by atoms with Crippen LogP contribution < -0.4 is 25.2 Å². The summed E-state index contributed by atoms with van der Waals surface area (Å²) in [7, 11) is -2.12. The maximum atomic E-state index is 12.1. The molecule has 2 rings (SSSR count). The van der Waals surface area contributed by atoms with Crippen molar-refractivity contribution in [2.24, 2.45) is 5.73 Å². The largest absolute Gasteiger partial charge is 0.493 e. The molecule has 4 N–H and O–H groups in total. The molecule has 0 fully saturated rings. The molecule has 0 unspecified atom stereocenters. The molecular weight excluding hydrogens is 406 g/mol. The summed E-state index contributed by atoms with van der Waals surface area (Å²) < 4.78 is 37.3. The number of nitrogens with one attached hydrogen (secondary N) is 2. The van der Waals surface area contributed by atoms with Gasteiger partial charge in [0.2, 0.25) is 15.9 Å². The minimum Gasteiger partial charge on any atom is -0.493 e. The zero-order valence-corrected chi connectivity index (χ0v) is 17.0. The van der Waals surface area contributed by atoms with Crippen LogP contribution in [-0.2, 0) is 14.8 Å². The molecule has 2 aromatic carbocycles. The van der Waals surface area contributed by atoms with Crippen LogP contribution in [0.5, 0.6) is 11.5 Å². The molecule has 8 nitrogen and oxygen atoms in total. The number of amides is 1. The number of carbonyl (C=O) groups excluding carboxylic acids is 1. The van der Waals surface area contributed by atoms with Crippen LogP contribution in [0, 0.1) is 0 Å². The standard InChI is InChI=1S/C18H23N3O5S.ClH/c1-25-16-7-2-3-8-17(16)26-12-9-18(22)21-14-5-4-6-15(13-14)27(23,24)20-11-10-19;/h2-8,13,20H,9-12,19H2,1H3,(H,21,22);1H. The predicted octanol–water partition coefficient (Wildman–Crippen LogP) is 1.76. The van der Waals surface area contributed by atoms with Crippen LogP contribution in [-0.4, -0.2) is 41.1 Å². The first-order valence-electron chi connectivity index (χ1n) is 8.31. The molecule has 0 saturated heterocycles. The second kappa shape index (κ2) is 11.5. The van der Waals surface area contributed by atoms with E-state index in [1.165, 1.54) is 12.1 Å². The SMILES string of the molecule is COc1ccccc1OCCC(=O)Nc1cccc(S(=O)(=O)NCCN)c1.Cl. The van der Waals surface area contributed by atoms with Crippen molar-refractivity contribution in [2.75, 3.05) is 32.1 Å². The number of hydrogen-bond donors (Lipinski definition) is 3. The van der Waals surface area contributed by atoms with Gasteiger partial charge in [-0.1, -0.05) is 18.2 Å². The van der Waals surface area contributed by atoms with E-state index in [1.54, 1.807) is 31.4 Å². The molecule has 0 spiro atoms. The molecule has 0 radical (unpaired) electrons. The van der Waals surface area contributed by atoms with E-state index in [0.29, 0.717) is 17.2 Å². The number of rotatable bonds is 10. The normalized spacial score (nSPS) is 10.6. The van der Waals surface area contributed by atoms with Gasteiger partial charge in [-0.25, -0.2) is 13.1 Å². The average molecular weight is 430 g/mol. The Morgan fingerprint density at radius 2 is 1.82 bits per heavy atom. The van der Waals surface area contributed by atoms with Crippen LogP contribution in [0.3, 0.4) is 0 Å². The molecule has 2 aromatic rings. The number of benzene rings is 2. The first-order valence-corrected chi connectivity index (χ1v) is 9.80. The van der Waals surface area contributed by atoms with Crippen molar-refractivity contribution in [1.29, 1.82) is 0 Å². The van der Waals surface area contributed by atoms with Crippen molar-refractivity contribution < 1.29 is 22.7 Å². The number of hydrogen-bond acceptors (Lipinski definition) is 6. The third-order valence-electron chi connectivity index (χ3n) is 3.52. The Kier molecular flexibility index (Phi) is 9.74. The van der Waals surface area contributed by atoms with Crippen LogP contribution >= 0.6 is 12.4 Å². The first kappa shape index (κ1) is 23.7. The molecule has 0 heterocycles. The molecule has 28 heavy (non-hydrogen) atoms. The highest BCUT2D eigenvalue weighted by atomic mass is 35.5. The van der Waals surface area contributed by atoms with Gasteiger partial charge in [-0.2, -0.15) is 0 Å². The summed E-state index contributed by atoms with van der Waals surface area (Å²) in [6.45, 7) is 0.489. The van der Waals surface area contributed by atoms with Crippen molar-refractivity contribution in [3.63, 3.8) is 0 Å². The van der Waals surface area contributed by atoms with E-state index in [1.807, 2.05) is 12.1 Å². The number of nitrogens with two attached hydrogens (primary N) is 1. The fraction of sp³-hybridized carbons (Fsp3) is 0.278. The van der Waals surface area contributed by atoms with E-state index in [4.69, 9.17) is 15.2 Å². The monoisotopic (exact) mass is 429 g/mol. The maximum Gasteiger partial charge on any atom is 0.240 e. The van der Waals surface area contributed by atoms with Gasteiger partial charge in [0.05, 0.1) is 25.0 Å². The zero-order chi connectivity index (χ0) is 19.7. The third-order valence-corrected chi connectivity index (χ3v) is 4.98. The Bertz CT molecular complexity index is 877. The average Bonchev–Trinajstić information content (AvgIpc) is 2.67. The number of sulfonamides is 1. The Morgan fingerprint density at radius 3 is 2.50 bits per heavy atom. The van der Waals surface area contributed by atoms with Gasteiger partial charge in [0.15, 0.2) is 11.5 Å². The number of carbonyl (C=O) groups is 1. The molecule has 0 saturated carbocycles. The number of para-hydroxylation sites is 2. The van der Waals surface area contributed by atoms with E-state index >= 15 is 0 Å². The Hall–Kier alpha value is -2.33. The van der Waals surface area contributed by atoms with E-state index in [-0.39, 0.29) is 49.3 Å². The van der Waals surface area contributed by atoms with Crippen molar-refractivity contribution in [3.05, 3.63) is 48.5 Å². The van der Waals surface area contributed by atoms with Crippen molar-refractivity contribution in [1.82, 2.24) is 4.72 Å². The minimum absolute atomic E-state index is 0. The number of halogens is 1. The molecule has 1 amide bonds. The van der Waals surface area contributed by atoms with Crippen molar-refractivity contribution >= 4 is 34.0 Å². The Labute approximate surface area is 170 Å². The van der Waals surface area contributed by atoms with Crippen LogP contribution in [0.25, 0.3) is 0 Å². The summed E-state index contributed by atoms with van der Waals surface area (Å²) in [4.78, 5) is 12.1. The molecule has 10 heteroatoms. The maximum absolute atomic E-state index is 12.1. The third kappa shape index (κ3) is 7.01. The highest BCUT2D eigenvalue weighted by molar-refractivity contribution is 7.89. The fourth-order valence-corrected chi connectivity index (χ4v) is 3.33. The van der Waals surface area contributed by atoms with Crippen LogP contribution in [0.1, 0.15) is 6.42 Å². The van der Waals surface area contributed by atoms with Crippen molar-refractivity contribution in [2.45, 2.75) is 11.3 Å². The lowest BCUT2D eigenvalue weighted by atomic mass is 10.3. The van der Waals surface area contributed by atoms with E-state index < -0.39 is 10.0 Å². The lowest BCUT2D eigenvalue weighted by molar-refractivity contribution is -0.116. The van der Waals surface area contributed by atoms with Gasteiger partial charge in [0.1, 0.15) is 0 Å². The van der Waals surface area contributed by atoms with Gasteiger partial charge < -0.3 is 20.5 Å². The molecule has 0 bridgehead atoms. The van der Waals surface area contributed by atoms with Gasteiger partial charge >= 0.3 is 0 Å². The van der Waals surface area contributed by atoms with Crippen molar-refractivity contribution in [3.8, 4) is 11.5 Å². The minimum atomic E-state index is -3.66. The Morgan fingerprint density at radius 1 is 1.11 bits per heavy atom. The van der Waals surface area contributed by atoms with Crippen LogP contribution in [0.15, 0.2) is 53.4 Å². The van der Waals surface area contributed by atoms with Gasteiger partial charge in [0.25, 0.3) is 0 Å². The quantitative estimate of drug-likeness (QED) is 0.529. The topological polar surface area (TPSA) is 120 Å². The number of methoxy groups -OCH3 is 1. The smallest absolute Gasteiger partial charge is 0.240 e. The molecule has 0 atom stereocenters. The Balaban J connectivity index is 0.00000392. The predicted molar refractivity (Wildman–Crippen MR) is 110 cm³/mol. The van der Waals surface area contributed by atoms with Gasteiger partial charge in [-0.05, 0) is 30.3 Å². The lowest BCUT2D eigenvalue weighted by Crippen LogP contribution is -2.29. The lowest BCUT2D eigenvalue weighted by Gasteiger charge is -2.11. The molecule has 0 aliphatic carbocycles. The number of ether oxygens (including phenoxy) is 2. The number of anilines is 1. The van der Waals surface area contributed by atoms with Crippen LogP contribution in [0.2, 0.25) is 0 Å². The zero-order valence-electron chi connectivity index (χ0n) is 15.4. The first-order chi connectivity index (χ1) is 13.0. The highest BCUT2D eigenvalue weighted by Gasteiger charge is 2.14. The van der Waals surface area contributed by atoms with E-state index in [9.17, 15) is 13.2 Å². The van der Waals surface area contributed by atoms with E-state index in [0.717, 1.165) is 0 Å². The summed E-state index contributed by atoms with van der Waals surface area (Å²) in [5.74, 6) is 0.835. The van der Waals surface area contributed by atoms with Gasteiger partial charge in [-0.3, -0.25) is 4.79 Å². The summed E-state index contributed by atoms with van der Waals surface area (Å²) in [6.07, 6.45) is 0.0977. The van der Waals surface area contributed by atoms with Crippen LogP contribution in [0.4, 0.5) is 5.69 Å². The molecular formula is C18H24ClN3O5S. The van der Waals surface area contributed by atoms with E-state index in [2.05, 4.69) is 10.0 Å². The second-order valence-electron chi connectivity index (χ2n) is 5.51.